The van der Waals surface area contributed by atoms with Gasteiger partial charge in [0.05, 0.1) is 16.3 Å². The molecule has 6 heteroatoms. The molecule has 1 aliphatic rings. The average molecular weight is 387 g/mol. The van der Waals surface area contributed by atoms with E-state index in [1.54, 1.807) is 35.2 Å². The quantitative estimate of drug-likeness (QED) is 0.833. The summed E-state index contributed by atoms with van der Waals surface area (Å²) in [6, 6.07) is 14.1. The normalized spacial score (nSPS) is 14.7. The van der Waals surface area contributed by atoms with E-state index in [1.807, 2.05) is 18.2 Å². The van der Waals surface area contributed by atoms with Crippen molar-refractivity contribution in [3.8, 4) is 0 Å². The first-order valence-corrected chi connectivity index (χ1v) is 10.6. The van der Waals surface area contributed by atoms with Crippen LogP contribution in [0, 0.1) is 0 Å². The number of hydrogen-bond donors (Lipinski definition) is 1. The molecule has 0 spiro atoms. The molecule has 1 amide bonds. The molecule has 144 valence electrons. The minimum atomic E-state index is -3.75. The van der Waals surface area contributed by atoms with Crippen molar-refractivity contribution in [2.24, 2.45) is 0 Å². The van der Waals surface area contributed by atoms with E-state index in [4.69, 9.17) is 0 Å². The number of rotatable bonds is 5. The number of sulfonamides is 1. The molecule has 1 saturated carbocycles. The Labute approximate surface area is 161 Å². The van der Waals surface area contributed by atoms with Crippen molar-refractivity contribution < 1.29 is 13.2 Å². The van der Waals surface area contributed by atoms with Crippen LogP contribution in [0.15, 0.2) is 53.4 Å². The van der Waals surface area contributed by atoms with Crippen LogP contribution in [0.25, 0.3) is 0 Å². The monoisotopic (exact) mass is 386 g/mol. The Morgan fingerprint density at radius 3 is 2.15 bits per heavy atom. The number of benzene rings is 2. The van der Waals surface area contributed by atoms with Crippen molar-refractivity contribution in [1.82, 2.24) is 0 Å². The van der Waals surface area contributed by atoms with Crippen LogP contribution in [0.2, 0.25) is 0 Å². The zero-order chi connectivity index (χ0) is 19.8. The summed E-state index contributed by atoms with van der Waals surface area (Å²) >= 11 is 0. The van der Waals surface area contributed by atoms with E-state index in [2.05, 4.69) is 25.5 Å². The fraction of sp³-hybridized carbons (Fsp3) is 0.381. The highest BCUT2D eigenvalue weighted by atomic mass is 32.2. The zero-order valence-corrected chi connectivity index (χ0v) is 17.0. The predicted molar refractivity (Wildman–Crippen MR) is 109 cm³/mol. The van der Waals surface area contributed by atoms with Gasteiger partial charge in [0.1, 0.15) is 0 Å². The molecule has 2 aromatic carbocycles. The second kappa shape index (κ2) is 7.00. The third-order valence-corrected chi connectivity index (χ3v) is 6.07. The number of anilines is 2. The summed E-state index contributed by atoms with van der Waals surface area (Å²) < 4.78 is 28.4. The molecule has 0 heterocycles. The number of para-hydroxylation sites is 2. The molecule has 1 N–H and O–H groups in total. The summed E-state index contributed by atoms with van der Waals surface area (Å²) in [6.45, 7) is 7.76. The number of nitrogens with one attached hydrogen (secondary N) is 1. The molecule has 0 saturated heterocycles. The van der Waals surface area contributed by atoms with Gasteiger partial charge in [0.25, 0.3) is 10.0 Å². The predicted octanol–water partition coefficient (Wildman–Crippen LogP) is 4.30. The molecule has 0 atom stereocenters. The molecule has 0 bridgehead atoms. The SMILES string of the molecule is CC(=O)N(c1ccccc1NS(=O)(=O)c1ccc(C(C)(C)C)cc1)C1CC1. The van der Waals surface area contributed by atoms with Gasteiger partial charge in [-0.05, 0) is 48.1 Å². The Hall–Kier alpha value is -2.34. The number of amides is 1. The molecular formula is C21H26N2O3S. The second-order valence-electron chi connectivity index (χ2n) is 8.02. The lowest BCUT2D eigenvalue weighted by Gasteiger charge is -2.24. The lowest BCUT2D eigenvalue weighted by molar-refractivity contribution is -0.116. The van der Waals surface area contributed by atoms with Gasteiger partial charge in [0.15, 0.2) is 0 Å². The molecule has 0 aliphatic heterocycles. The third-order valence-electron chi connectivity index (χ3n) is 4.69. The van der Waals surface area contributed by atoms with E-state index in [0.29, 0.717) is 11.4 Å². The van der Waals surface area contributed by atoms with Crippen LogP contribution in [0.5, 0.6) is 0 Å². The van der Waals surface area contributed by atoms with Gasteiger partial charge >= 0.3 is 0 Å². The van der Waals surface area contributed by atoms with Crippen LogP contribution >= 0.6 is 0 Å². The van der Waals surface area contributed by atoms with Crippen molar-refractivity contribution in [2.45, 2.75) is 56.9 Å². The third kappa shape index (κ3) is 4.33. The van der Waals surface area contributed by atoms with Gasteiger partial charge in [-0.2, -0.15) is 0 Å². The average Bonchev–Trinajstić information content (AvgIpc) is 3.40. The minimum Gasteiger partial charge on any atom is -0.308 e. The van der Waals surface area contributed by atoms with Gasteiger partial charge in [-0.15, -0.1) is 0 Å². The Kier molecular flexibility index (Phi) is 5.04. The van der Waals surface area contributed by atoms with Gasteiger partial charge in [-0.1, -0.05) is 45.0 Å². The van der Waals surface area contributed by atoms with Gasteiger partial charge < -0.3 is 4.90 Å². The van der Waals surface area contributed by atoms with Gasteiger partial charge in [-0.25, -0.2) is 8.42 Å². The molecular weight excluding hydrogens is 360 g/mol. The summed E-state index contributed by atoms with van der Waals surface area (Å²) in [5.41, 5.74) is 2.04. The van der Waals surface area contributed by atoms with Crippen molar-refractivity contribution in [3.63, 3.8) is 0 Å². The Morgan fingerprint density at radius 1 is 1.04 bits per heavy atom. The van der Waals surface area contributed by atoms with Crippen molar-refractivity contribution in [2.75, 3.05) is 9.62 Å². The summed E-state index contributed by atoms with van der Waals surface area (Å²) in [4.78, 5) is 14.0. The number of nitrogens with zero attached hydrogens (tertiary/aromatic N) is 1. The van der Waals surface area contributed by atoms with Crippen molar-refractivity contribution in [3.05, 3.63) is 54.1 Å². The fourth-order valence-corrected chi connectivity index (χ4v) is 4.14. The van der Waals surface area contributed by atoms with Crippen molar-refractivity contribution in [1.29, 1.82) is 0 Å². The van der Waals surface area contributed by atoms with E-state index in [0.717, 1.165) is 18.4 Å². The van der Waals surface area contributed by atoms with E-state index in [-0.39, 0.29) is 22.3 Å². The lowest BCUT2D eigenvalue weighted by Crippen LogP contribution is -2.31. The Bertz CT molecular complexity index is 940. The zero-order valence-electron chi connectivity index (χ0n) is 16.2. The molecule has 5 nitrogen and oxygen atoms in total. The van der Waals surface area contributed by atoms with Crippen LogP contribution < -0.4 is 9.62 Å². The topological polar surface area (TPSA) is 66.5 Å². The van der Waals surface area contributed by atoms with Crippen LogP contribution in [0.4, 0.5) is 11.4 Å². The minimum absolute atomic E-state index is 0.0471. The number of carbonyl (C=O) groups excluding carboxylic acids is 1. The Morgan fingerprint density at radius 2 is 1.63 bits per heavy atom. The van der Waals surface area contributed by atoms with E-state index >= 15 is 0 Å². The van der Waals surface area contributed by atoms with Crippen molar-refractivity contribution >= 4 is 27.3 Å². The first-order valence-electron chi connectivity index (χ1n) is 9.12. The van der Waals surface area contributed by atoms with Gasteiger partial charge in [0, 0.05) is 13.0 Å². The number of hydrogen-bond acceptors (Lipinski definition) is 3. The maximum Gasteiger partial charge on any atom is 0.261 e. The highest BCUT2D eigenvalue weighted by Gasteiger charge is 2.33. The van der Waals surface area contributed by atoms with E-state index in [1.165, 1.54) is 6.92 Å². The molecule has 27 heavy (non-hydrogen) atoms. The van der Waals surface area contributed by atoms with Gasteiger partial charge in [-0.3, -0.25) is 9.52 Å². The largest absolute Gasteiger partial charge is 0.308 e. The molecule has 0 unspecified atom stereocenters. The first kappa shape index (κ1) is 19.4. The van der Waals surface area contributed by atoms with Crippen LogP contribution in [-0.2, 0) is 20.2 Å². The summed E-state index contributed by atoms with van der Waals surface area (Å²) in [5, 5.41) is 0. The van der Waals surface area contributed by atoms with Crippen LogP contribution in [-0.4, -0.2) is 20.4 Å². The molecule has 1 aliphatic carbocycles. The highest BCUT2D eigenvalue weighted by molar-refractivity contribution is 7.92. The van der Waals surface area contributed by atoms with Gasteiger partial charge in [0.2, 0.25) is 5.91 Å². The molecule has 3 rings (SSSR count). The second-order valence-corrected chi connectivity index (χ2v) is 9.70. The Balaban J connectivity index is 1.92. The molecule has 0 aromatic heterocycles. The summed E-state index contributed by atoms with van der Waals surface area (Å²) in [7, 11) is -3.75. The molecule has 2 aromatic rings. The van der Waals surface area contributed by atoms with Crippen LogP contribution in [0.1, 0.15) is 46.1 Å². The number of carbonyl (C=O) groups is 1. The smallest absolute Gasteiger partial charge is 0.261 e. The molecule has 0 radical (unpaired) electrons. The lowest BCUT2D eigenvalue weighted by atomic mass is 9.87. The molecule has 1 fully saturated rings. The first-order chi connectivity index (χ1) is 12.6. The maximum atomic E-state index is 12.9. The maximum absolute atomic E-state index is 12.9. The summed E-state index contributed by atoms with van der Waals surface area (Å²) in [5.74, 6) is -0.0846. The van der Waals surface area contributed by atoms with E-state index < -0.39 is 10.0 Å². The highest BCUT2D eigenvalue weighted by Crippen LogP contribution is 2.36. The van der Waals surface area contributed by atoms with Crippen LogP contribution in [0.3, 0.4) is 0 Å². The van der Waals surface area contributed by atoms with E-state index in [9.17, 15) is 13.2 Å². The standard InChI is InChI=1S/C21H26N2O3S/c1-15(24)23(17-11-12-17)20-8-6-5-7-19(20)22-27(25,26)18-13-9-16(10-14-18)21(2,3)4/h5-10,13-14,17,22H,11-12H2,1-4H3. The summed E-state index contributed by atoms with van der Waals surface area (Å²) in [6.07, 6.45) is 1.88. The fourth-order valence-electron chi connectivity index (χ4n) is 3.06.